The molecule has 0 aliphatic rings. The van der Waals surface area contributed by atoms with Crippen molar-refractivity contribution in [1.82, 2.24) is 5.32 Å². The van der Waals surface area contributed by atoms with Crippen LogP contribution >= 0.6 is 0 Å². The van der Waals surface area contributed by atoms with Crippen molar-refractivity contribution in [3.63, 3.8) is 0 Å². The van der Waals surface area contributed by atoms with Gasteiger partial charge < -0.3 is 10.4 Å². The van der Waals surface area contributed by atoms with Crippen molar-refractivity contribution in [3.8, 4) is 5.75 Å². The SMILES string of the molecule is CCCc1cc(C(=O)NCC)ccc1O. The Labute approximate surface area is 90.1 Å². The van der Waals surface area contributed by atoms with Gasteiger partial charge >= 0.3 is 0 Å². The van der Waals surface area contributed by atoms with E-state index in [-0.39, 0.29) is 11.7 Å². The average Bonchev–Trinajstić information content (AvgIpc) is 2.22. The minimum Gasteiger partial charge on any atom is -0.508 e. The van der Waals surface area contributed by atoms with E-state index in [1.807, 2.05) is 13.8 Å². The summed E-state index contributed by atoms with van der Waals surface area (Å²) in [7, 11) is 0. The fourth-order valence-corrected chi connectivity index (χ4v) is 1.46. The van der Waals surface area contributed by atoms with Crippen molar-refractivity contribution in [2.75, 3.05) is 6.54 Å². The zero-order valence-corrected chi connectivity index (χ0v) is 9.21. The molecule has 0 radical (unpaired) electrons. The van der Waals surface area contributed by atoms with Crippen LogP contribution in [0.2, 0.25) is 0 Å². The van der Waals surface area contributed by atoms with Crippen molar-refractivity contribution in [2.45, 2.75) is 26.7 Å². The molecule has 2 N–H and O–H groups in total. The van der Waals surface area contributed by atoms with Gasteiger partial charge in [0.1, 0.15) is 5.75 Å². The molecule has 0 fully saturated rings. The van der Waals surface area contributed by atoms with Gasteiger partial charge in [-0.2, -0.15) is 0 Å². The summed E-state index contributed by atoms with van der Waals surface area (Å²) in [5, 5.41) is 12.3. The van der Waals surface area contributed by atoms with Crippen LogP contribution in [0.4, 0.5) is 0 Å². The van der Waals surface area contributed by atoms with Crippen LogP contribution in [0.15, 0.2) is 18.2 Å². The maximum Gasteiger partial charge on any atom is 0.251 e. The van der Waals surface area contributed by atoms with Crippen molar-refractivity contribution in [3.05, 3.63) is 29.3 Å². The molecule has 0 atom stereocenters. The normalized spacial score (nSPS) is 10.0. The predicted octanol–water partition coefficient (Wildman–Crippen LogP) is 2.09. The first-order valence-electron chi connectivity index (χ1n) is 5.29. The first-order chi connectivity index (χ1) is 7.19. The standard InChI is InChI=1S/C12H17NO2/c1-3-5-9-8-10(6-7-11(9)14)12(15)13-4-2/h6-8,14H,3-5H2,1-2H3,(H,13,15). The lowest BCUT2D eigenvalue weighted by Crippen LogP contribution is -2.22. The summed E-state index contributed by atoms with van der Waals surface area (Å²) in [6, 6.07) is 4.97. The van der Waals surface area contributed by atoms with Crippen LogP contribution < -0.4 is 5.32 Å². The van der Waals surface area contributed by atoms with Crippen LogP contribution in [0.3, 0.4) is 0 Å². The Morgan fingerprint density at radius 2 is 2.13 bits per heavy atom. The van der Waals surface area contributed by atoms with Gasteiger partial charge in [0.05, 0.1) is 0 Å². The first-order valence-corrected chi connectivity index (χ1v) is 5.29. The monoisotopic (exact) mass is 207 g/mol. The molecule has 1 amide bonds. The van der Waals surface area contributed by atoms with Crippen LogP contribution in [0, 0.1) is 0 Å². The summed E-state index contributed by atoms with van der Waals surface area (Å²) in [4.78, 5) is 11.5. The molecule has 0 spiro atoms. The lowest BCUT2D eigenvalue weighted by Gasteiger charge is -2.06. The summed E-state index contributed by atoms with van der Waals surface area (Å²) >= 11 is 0. The fourth-order valence-electron chi connectivity index (χ4n) is 1.46. The molecule has 0 heterocycles. The van der Waals surface area contributed by atoms with Gasteiger partial charge in [0.2, 0.25) is 0 Å². The second kappa shape index (κ2) is 5.39. The van der Waals surface area contributed by atoms with Gasteiger partial charge in [0.15, 0.2) is 0 Å². The Kier molecular flexibility index (Phi) is 4.16. The van der Waals surface area contributed by atoms with Gasteiger partial charge in [0.25, 0.3) is 5.91 Å². The topological polar surface area (TPSA) is 49.3 Å². The Balaban J connectivity index is 2.91. The van der Waals surface area contributed by atoms with E-state index >= 15 is 0 Å². The molecule has 82 valence electrons. The third kappa shape index (κ3) is 2.98. The Morgan fingerprint density at radius 3 is 2.73 bits per heavy atom. The molecule has 0 aliphatic heterocycles. The van der Waals surface area contributed by atoms with E-state index in [0.29, 0.717) is 12.1 Å². The van der Waals surface area contributed by atoms with Gasteiger partial charge in [-0.05, 0) is 37.1 Å². The van der Waals surface area contributed by atoms with Gasteiger partial charge in [0, 0.05) is 12.1 Å². The molecule has 3 nitrogen and oxygen atoms in total. The number of amides is 1. The largest absolute Gasteiger partial charge is 0.508 e. The third-order valence-corrected chi connectivity index (χ3v) is 2.20. The highest BCUT2D eigenvalue weighted by molar-refractivity contribution is 5.94. The number of aryl methyl sites for hydroxylation is 1. The molecule has 0 saturated carbocycles. The molecule has 15 heavy (non-hydrogen) atoms. The van der Waals surface area contributed by atoms with Crippen LogP contribution in [-0.4, -0.2) is 17.6 Å². The number of hydrogen-bond acceptors (Lipinski definition) is 2. The van der Waals surface area contributed by atoms with Crippen LogP contribution in [0.25, 0.3) is 0 Å². The van der Waals surface area contributed by atoms with Gasteiger partial charge in [-0.25, -0.2) is 0 Å². The second-order valence-corrected chi connectivity index (χ2v) is 3.45. The molecule has 0 saturated heterocycles. The van der Waals surface area contributed by atoms with Gasteiger partial charge in [-0.15, -0.1) is 0 Å². The van der Waals surface area contributed by atoms with Crippen LogP contribution in [-0.2, 0) is 6.42 Å². The number of hydrogen-bond donors (Lipinski definition) is 2. The number of phenolic OH excluding ortho intramolecular Hbond substituents is 1. The first kappa shape index (κ1) is 11.6. The molecule has 0 aromatic heterocycles. The molecular weight excluding hydrogens is 190 g/mol. The Hall–Kier alpha value is -1.51. The molecule has 0 bridgehead atoms. The summed E-state index contributed by atoms with van der Waals surface area (Å²) in [6.45, 7) is 4.53. The van der Waals surface area contributed by atoms with E-state index < -0.39 is 0 Å². The molecule has 0 unspecified atom stereocenters. The summed E-state index contributed by atoms with van der Waals surface area (Å²) < 4.78 is 0. The summed E-state index contributed by atoms with van der Waals surface area (Å²) in [6.07, 6.45) is 1.74. The van der Waals surface area contributed by atoms with Crippen molar-refractivity contribution in [2.24, 2.45) is 0 Å². The van der Waals surface area contributed by atoms with Crippen molar-refractivity contribution >= 4 is 5.91 Å². The molecule has 1 rings (SSSR count). The number of rotatable bonds is 4. The van der Waals surface area contributed by atoms with Crippen molar-refractivity contribution in [1.29, 1.82) is 0 Å². The number of carbonyl (C=O) groups excluding carboxylic acids is 1. The number of benzene rings is 1. The van der Waals surface area contributed by atoms with Crippen LogP contribution in [0.5, 0.6) is 5.75 Å². The van der Waals surface area contributed by atoms with E-state index in [4.69, 9.17) is 0 Å². The van der Waals surface area contributed by atoms with E-state index in [9.17, 15) is 9.90 Å². The van der Waals surface area contributed by atoms with E-state index in [0.717, 1.165) is 18.4 Å². The smallest absolute Gasteiger partial charge is 0.251 e. The number of nitrogens with one attached hydrogen (secondary N) is 1. The van der Waals surface area contributed by atoms with Crippen LogP contribution in [0.1, 0.15) is 36.2 Å². The Morgan fingerprint density at radius 1 is 1.40 bits per heavy atom. The van der Waals surface area contributed by atoms with Gasteiger partial charge in [-0.1, -0.05) is 13.3 Å². The van der Waals surface area contributed by atoms with Gasteiger partial charge in [-0.3, -0.25) is 4.79 Å². The predicted molar refractivity (Wildman–Crippen MR) is 60.1 cm³/mol. The second-order valence-electron chi connectivity index (χ2n) is 3.45. The number of phenols is 1. The lowest BCUT2D eigenvalue weighted by molar-refractivity contribution is 0.0955. The number of aromatic hydroxyl groups is 1. The maximum atomic E-state index is 11.5. The fraction of sp³-hybridized carbons (Fsp3) is 0.417. The molecule has 0 aliphatic carbocycles. The summed E-state index contributed by atoms with van der Waals surface area (Å²) in [5.74, 6) is 0.180. The highest BCUT2D eigenvalue weighted by Gasteiger charge is 2.07. The quantitative estimate of drug-likeness (QED) is 0.794. The molecule has 1 aromatic rings. The lowest BCUT2D eigenvalue weighted by atomic mass is 10.1. The van der Waals surface area contributed by atoms with Crippen molar-refractivity contribution < 1.29 is 9.90 Å². The van der Waals surface area contributed by atoms with E-state index in [2.05, 4.69) is 5.32 Å². The minimum atomic E-state index is -0.0881. The zero-order valence-electron chi connectivity index (χ0n) is 9.21. The van der Waals surface area contributed by atoms with E-state index in [1.54, 1.807) is 18.2 Å². The summed E-state index contributed by atoms with van der Waals surface area (Å²) in [5.41, 5.74) is 1.44. The third-order valence-electron chi connectivity index (χ3n) is 2.20. The molecule has 3 heteroatoms. The average molecular weight is 207 g/mol. The van der Waals surface area contributed by atoms with E-state index in [1.165, 1.54) is 0 Å². The zero-order chi connectivity index (χ0) is 11.3. The molecule has 1 aromatic carbocycles. The highest BCUT2D eigenvalue weighted by Crippen LogP contribution is 2.19. The Bertz CT molecular complexity index is 347. The number of carbonyl (C=O) groups is 1. The highest BCUT2D eigenvalue weighted by atomic mass is 16.3. The molecular formula is C12H17NO2. The maximum absolute atomic E-state index is 11.5. The minimum absolute atomic E-state index is 0.0881.